The van der Waals surface area contributed by atoms with Gasteiger partial charge in [-0.15, -0.1) is 11.6 Å². The molecule has 0 N–H and O–H groups in total. The maximum Gasteiger partial charge on any atom is 0.161 e. The summed E-state index contributed by atoms with van der Waals surface area (Å²) < 4.78 is 11.2. The van der Waals surface area contributed by atoms with Crippen LogP contribution in [0.3, 0.4) is 0 Å². The Hall–Kier alpha value is -1.22. The number of benzene rings is 1. The summed E-state index contributed by atoms with van der Waals surface area (Å²) in [5.74, 6) is 1.34. The van der Waals surface area contributed by atoms with E-state index in [0.29, 0.717) is 31.1 Å². The van der Waals surface area contributed by atoms with Gasteiger partial charge in [-0.25, -0.2) is 0 Å². The molecule has 3 nitrogen and oxygen atoms in total. The average molecular weight is 285 g/mol. The number of ether oxygens (including phenoxy) is 2. The van der Waals surface area contributed by atoms with Gasteiger partial charge in [-0.05, 0) is 31.0 Å². The second-order valence-corrected chi connectivity index (χ2v) is 4.61. The minimum atomic E-state index is -0.621. The van der Waals surface area contributed by atoms with Gasteiger partial charge in [0.05, 0.1) is 13.2 Å². The van der Waals surface area contributed by atoms with Crippen LogP contribution < -0.4 is 9.47 Å². The Morgan fingerprint density at radius 1 is 1.21 bits per heavy atom. The zero-order chi connectivity index (χ0) is 14.3. The molecule has 0 aliphatic heterocycles. The number of carbonyl (C=O) groups is 1. The molecule has 4 heteroatoms. The minimum absolute atomic E-state index is 0.00587. The second-order valence-electron chi connectivity index (χ2n) is 4.17. The van der Waals surface area contributed by atoms with Gasteiger partial charge in [0.2, 0.25) is 0 Å². The van der Waals surface area contributed by atoms with Crippen molar-refractivity contribution in [2.75, 3.05) is 13.2 Å². The minimum Gasteiger partial charge on any atom is -0.490 e. The fourth-order valence-corrected chi connectivity index (χ4v) is 1.94. The first-order valence-corrected chi connectivity index (χ1v) is 7.13. The van der Waals surface area contributed by atoms with E-state index in [-0.39, 0.29) is 5.78 Å². The molecule has 0 aliphatic rings. The van der Waals surface area contributed by atoms with E-state index in [9.17, 15) is 4.79 Å². The molecule has 0 heterocycles. The summed E-state index contributed by atoms with van der Waals surface area (Å²) in [5, 5.41) is -0.621. The summed E-state index contributed by atoms with van der Waals surface area (Å²) in [6.07, 6.45) is 1.35. The van der Waals surface area contributed by atoms with E-state index < -0.39 is 5.38 Å². The first kappa shape index (κ1) is 15.8. The fourth-order valence-electron chi connectivity index (χ4n) is 1.65. The van der Waals surface area contributed by atoms with Crippen molar-refractivity contribution in [3.8, 4) is 11.5 Å². The fraction of sp³-hybridized carbons (Fsp3) is 0.533. The van der Waals surface area contributed by atoms with E-state index in [1.54, 1.807) is 13.0 Å². The van der Waals surface area contributed by atoms with Gasteiger partial charge in [-0.3, -0.25) is 4.79 Å². The van der Waals surface area contributed by atoms with Crippen LogP contribution in [0.2, 0.25) is 0 Å². The van der Waals surface area contributed by atoms with Crippen LogP contribution >= 0.6 is 11.6 Å². The number of rotatable bonds is 8. The van der Waals surface area contributed by atoms with Gasteiger partial charge in [0.25, 0.3) is 0 Å². The Bertz CT molecular complexity index is 418. The van der Waals surface area contributed by atoms with Crippen molar-refractivity contribution in [2.24, 2.45) is 0 Å². The zero-order valence-corrected chi connectivity index (χ0v) is 12.5. The Morgan fingerprint density at radius 3 is 2.53 bits per heavy atom. The van der Waals surface area contributed by atoms with Crippen molar-refractivity contribution < 1.29 is 14.3 Å². The van der Waals surface area contributed by atoms with E-state index in [1.807, 2.05) is 26.0 Å². The first-order chi connectivity index (χ1) is 9.13. The normalized spacial score (nSPS) is 12.0. The molecule has 1 unspecified atom stereocenters. The van der Waals surface area contributed by atoms with Gasteiger partial charge in [-0.2, -0.15) is 0 Å². The molecular weight excluding hydrogens is 264 g/mol. The molecular formula is C15H21ClO3. The molecule has 0 saturated heterocycles. The van der Waals surface area contributed by atoms with Gasteiger partial charge < -0.3 is 9.47 Å². The lowest BCUT2D eigenvalue weighted by molar-refractivity contribution is -0.118. The second kappa shape index (κ2) is 8.05. The summed E-state index contributed by atoms with van der Waals surface area (Å²) in [6, 6.07) is 5.42. The smallest absolute Gasteiger partial charge is 0.161 e. The van der Waals surface area contributed by atoms with Crippen LogP contribution in [-0.2, 0) is 4.79 Å². The zero-order valence-electron chi connectivity index (χ0n) is 11.7. The van der Waals surface area contributed by atoms with E-state index in [4.69, 9.17) is 21.1 Å². The van der Waals surface area contributed by atoms with Crippen molar-refractivity contribution in [1.82, 2.24) is 0 Å². The lowest BCUT2D eigenvalue weighted by atomic mass is 10.1. The highest BCUT2D eigenvalue weighted by Gasteiger charge is 2.18. The Kier molecular flexibility index (Phi) is 6.71. The molecule has 1 aromatic carbocycles. The van der Waals surface area contributed by atoms with Crippen molar-refractivity contribution >= 4 is 17.4 Å². The van der Waals surface area contributed by atoms with Crippen molar-refractivity contribution in [3.63, 3.8) is 0 Å². The van der Waals surface area contributed by atoms with Crippen LogP contribution in [-0.4, -0.2) is 19.0 Å². The molecule has 0 radical (unpaired) electrons. The van der Waals surface area contributed by atoms with Crippen LogP contribution in [0.5, 0.6) is 11.5 Å². The molecule has 0 aliphatic carbocycles. The third kappa shape index (κ3) is 4.43. The maximum atomic E-state index is 11.6. The van der Waals surface area contributed by atoms with Crippen LogP contribution in [0.1, 0.15) is 44.6 Å². The third-order valence-corrected chi connectivity index (χ3v) is 3.15. The summed E-state index contributed by atoms with van der Waals surface area (Å²) >= 11 is 6.14. The van der Waals surface area contributed by atoms with E-state index in [2.05, 4.69) is 0 Å². The molecule has 1 aromatic rings. The molecule has 0 spiro atoms. The highest BCUT2D eigenvalue weighted by molar-refractivity contribution is 6.31. The van der Waals surface area contributed by atoms with Crippen LogP contribution in [0.15, 0.2) is 18.2 Å². The van der Waals surface area contributed by atoms with Gasteiger partial charge in [0.1, 0.15) is 5.38 Å². The van der Waals surface area contributed by atoms with Gasteiger partial charge >= 0.3 is 0 Å². The molecule has 106 valence electrons. The van der Waals surface area contributed by atoms with Gasteiger partial charge in [0.15, 0.2) is 17.3 Å². The van der Waals surface area contributed by atoms with Crippen molar-refractivity contribution in [3.05, 3.63) is 23.8 Å². The highest BCUT2D eigenvalue weighted by Crippen LogP contribution is 2.33. The van der Waals surface area contributed by atoms with Crippen LogP contribution in [0.25, 0.3) is 0 Å². The Labute approximate surface area is 119 Å². The molecule has 0 saturated carbocycles. The van der Waals surface area contributed by atoms with Crippen molar-refractivity contribution in [2.45, 2.75) is 39.0 Å². The first-order valence-electron chi connectivity index (χ1n) is 6.70. The summed E-state index contributed by atoms with van der Waals surface area (Å²) in [4.78, 5) is 11.6. The number of hydrogen-bond donors (Lipinski definition) is 0. The predicted molar refractivity (Wildman–Crippen MR) is 77.3 cm³/mol. The number of ketones is 1. The number of Topliss-reactive ketones (excluding diaryl/α,β-unsaturated/α-hetero) is 1. The SMILES string of the molecule is CCCOc1ccc(C(Cl)C(=O)CC)cc1OCC. The predicted octanol–water partition coefficient (Wildman–Crippen LogP) is 4.13. The average Bonchev–Trinajstić information content (AvgIpc) is 2.44. The molecule has 1 atom stereocenters. The van der Waals surface area contributed by atoms with Gasteiger partial charge in [0, 0.05) is 6.42 Å². The van der Waals surface area contributed by atoms with E-state index in [0.717, 1.165) is 12.0 Å². The van der Waals surface area contributed by atoms with E-state index in [1.165, 1.54) is 0 Å². The van der Waals surface area contributed by atoms with Crippen molar-refractivity contribution in [1.29, 1.82) is 0 Å². The maximum absolute atomic E-state index is 11.6. The van der Waals surface area contributed by atoms with Gasteiger partial charge in [-0.1, -0.05) is 19.9 Å². The Morgan fingerprint density at radius 2 is 1.95 bits per heavy atom. The number of halogens is 1. The topological polar surface area (TPSA) is 35.5 Å². The molecule has 19 heavy (non-hydrogen) atoms. The number of alkyl halides is 1. The lowest BCUT2D eigenvalue weighted by Crippen LogP contribution is -2.06. The van der Waals surface area contributed by atoms with E-state index >= 15 is 0 Å². The molecule has 0 bridgehead atoms. The number of hydrogen-bond acceptors (Lipinski definition) is 3. The summed E-state index contributed by atoms with van der Waals surface area (Å²) in [5.41, 5.74) is 0.751. The highest BCUT2D eigenvalue weighted by atomic mass is 35.5. The molecule has 1 rings (SSSR count). The lowest BCUT2D eigenvalue weighted by Gasteiger charge is -2.14. The quantitative estimate of drug-likeness (QED) is 0.673. The largest absolute Gasteiger partial charge is 0.490 e. The Balaban J connectivity index is 2.97. The third-order valence-electron chi connectivity index (χ3n) is 2.65. The standard InChI is InChI=1S/C15H21ClO3/c1-4-9-19-13-8-7-11(10-14(13)18-6-3)15(16)12(17)5-2/h7-8,10,15H,4-6,9H2,1-3H3. The molecule has 0 amide bonds. The van der Waals surface area contributed by atoms with Crippen LogP contribution in [0, 0.1) is 0 Å². The summed E-state index contributed by atoms with van der Waals surface area (Å²) in [6.45, 7) is 6.94. The molecule has 0 aromatic heterocycles. The number of carbonyl (C=O) groups excluding carboxylic acids is 1. The van der Waals surface area contributed by atoms with Crippen LogP contribution in [0.4, 0.5) is 0 Å². The monoisotopic (exact) mass is 284 g/mol. The summed E-state index contributed by atoms with van der Waals surface area (Å²) in [7, 11) is 0. The molecule has 0 fully saturated rings.